The number of aromatic nitrogens is 4. The van der Waals surface area contributed by atoms with E-state index in [0.717, 1.165) is 0 Å². The van der Waals surface area contributed by atoms with Gasteiger partial charge in [-0.1, -0.05) is 23.2 Å². The summed E-state index contributed by atoms with van der Waals surface area (Å²) >= 11 is 11.7. The molecule has 0 aliphatic rings. The molecule has 170 valence electrons. The molecule has 33 heavy (non-hydrogen) atoms. The molecule has 1 aromatic heterocycles. The van der Waals surface area contributed by atoms with Crippen LogP contribution in [-0.4, -0.2) is 56.9 Å². The van der Waals surface area contributed by atoms with Crippen LogP contribution in [0.4, 0.5) is 0 Å². The van der Waals surface area contributed by atoms with Crippen LogP contribution in [0.5, 0.6) is 0 Å². The number of tetrazole rings is 1. The molecular formula is C19H16Cl2N8O4. The highest BCUT2D eigenvalue weighted by Crippen LogP contribution is 2.20. The lowest BCUT2D eigenvalue weighted by Crippen LogP contribution is -2.47. The van der Waals surface area contributed by atoms with Crippen molar-refractivity contribution in [1.82, 2.24) is 41.7 Å². The normalized spacial score (nSPS) is 10.2. The fraction of sp³-hybridized carbons (Fsp3) is 0.105. The molecular weight excluding hydrogens is 475 g/mol. The van der Waals surface area contributed by atoms with Gasteiger partial charge in [-0.25, -0.2) is 4.68 Å². The van der Waals surface area contributed by atoms with Gasteiger partial charge in [0.05, 0.1) is 29.4 Å². The lowest BCUT2D eigenvalue weighted by molar-refractivity contribution is -0.125. The van der Waals surface area contributed by atoms with E-state index in [4.69, 9.17) is 23.2 Å². The van der Waals surface area contributed by atoms with Crippen LogP contribution < -0.4 is 21.5 Å². The zero-order chi connectivity index (χ0) is 23.8. The monoisotopic (exact) mass is 490 g/mol. The van der Waals surface area contributed by atoms with Crippen molar-refractivity contribution in [3.63, 3.8) is 0 Å². The van der Waals surface area contributed by atoms with Crippen molar-refractivity contribution >= 4 is 46.8 Å². The quantitative estimate of drug-likeness (QED) is 0.345. The van der Waals surface area contributed by atoms with Gasteiger partial charge in [0.25, 0.3) is 17.7 Å². The Hall–Kier alpha value is -4.03. The lowest BCUT2D eigenvalue weighted by atomic mass is 10.2. The molecule has 4 N–H and O–H groups in total. The molecule has 0 spiro atoms. The number of amides is 4. The van der Waals surface area contributed by atoms with Gasteiger partial charge in [0.2, 0.25) is 5.91 Å². The topological polar surface area (TPSA) is 160 Å². The Balaban J connectivity index is 1.37. The third-order valence-electron chi connectivity index (χ3n) is 4.09. The number of benzene rings is 2. The molecule has 0 aliphatic carbocycles. The second kappa shape index (κ2) is 11.0. The van der Waals surface area contributed by atoms with Crippen LogP contribution >= 0.6 is 23.2 Å². The van der Waals surface area contributed by atoms with Crippen molar-refractivity contribution in [3.05, 3.63) is 70.0 Å². The van der Waals surface area contributed by atoms with Gasteiger partial charge in [0.1, 0.15) is 6.33 Å². The van der Waals surface area contributed by atoms with Crippen molar-refractivity contribution < 1.29 is 19.2 Å². The summed E-state index contributed by atoms with van der Waals surface area (Å²) in [7, 11) is 0. The summed E-state index contributed by atoms with van der Waals surface area (Å²) in [5.41, 5.74) is 5.48. The fourth-order valence-electron chi connectivity index (χ4n) is 2.46. The van der Waals surface area contributed by atoms with Gasteiger partial charge in [0, 0.05) is 10.6 Å². The molecule has 3 rings (SSSR count). The summed E-state index contributed by atoms with van der Waals surface area (Å²) in [6.45, 7) is -0.806. The predicted molar refractivity (Wildman–Crippen MR) is 117 cm³/mol. The van der Waals surface area contributed by atoms with Crippen molar-refractivity contribution in [2.75, 3.05) is 13.1 Å². The maximum Gasteiger partial charge on any atom is 0.269 e. The van der Waals surface area contributed by atoms with Crippen molar-refractivity contribution in [2.45, 2.75) is 0 Å². The zero-order valence-electron chi connectivity index (χ0n) is 16.7. The van der Waals surface area contributed by atoms with E-state index < -0.39 is 30.2 Å². The van der Waals surface area contributed by atoms with Crippen LogP contribution in [0.15, 0.2) is 48.8 Å². The third-order valence-corrected chi connectivity index (χ3v) is 4.64. The maximum atomic E-state index is 12.1. The van der Waals surface area contributed by atoms with Crippen LogP contribution in [-0.2, 0) is 9.59 Å². The first-order chi connectivity index (χ1) is 15.8. The van der Waals surface area contributed by atoms with Crippen molar-refractivity contribution in [3.8, 4) is 5.69 Å². The van der Waals surface area contributed by atoms with E-state index in [2.05, 4.69) is 37.0 Å². The average molecular weight is 491 g/mol. The Morgan fingerprint density at radius 3 is 2.24 bits per heavy atom. The molecule has 12 nitrogen and oxygen atoms in total. The zero-order valence-corrected chi connectivity index (χ0v) is 18.2. The largest absolute Gasteiger partial charge is 0.345 e. The Kier molecular flexibility index (Phi) is 7.89. The first-order valence-corrected chi connectivity index (χ1v) is 10.0. The Morgan fingerprint density at radius 1 is 0.848 bits per heavy atom. The maximum absolute atomic E-state index is 12.1. The number of hydrogen-bond donors (Lipinski definition) is 4. The summed E-state index contributed by atoms with van der Waals surface area (Å²) in [6.07, 6.45) is 1.40. The van der Waals surface area contributed by atoms with Crippen LogP contribution in [0.2, 0.25) is 10.0 Å². The highest BCUT2D eigenvalue weighted by molar-refractivity contribution is 6.36. The molecule has 2 aromatic carbocycles. The second-order valence-corrected chi connectivity index (χ2v) is 7.23. The average Bonchev–Trinajstić information content (AvgIpc) is 3.34. The van der Waals surface area contributed by atoms with Gasteiger partial charge in [-0.05, 0) is 52.9 Å². The standard InChI is InChI=1S/C19H16Cl2N8O4/c20-12-3-6-14(15(21)7-12)19(33)23-8-16(30)22-9-17(31)25-26-18(32)11-1-4-13(5-2-11)29-10-24-27-28-29/h1-7,10H,8-9H2,(H,22,30)(H,23,33)(H,25,31)(H,26,32). The van der Waals surface area contributed by atoms with Crippen LogP contribution in [0.3, 0.4) is 0 Å². The second-order valence-electron chi connectivity index (χ2n) is 6.39. The van der Waals surface area contributed by atoms with Gasteiger partial charge >= 0.3 is 0 Å². The molecule has 0 radical (unpaired) electrons. The fourth-order valence-corrected chi connectivity index (χ4v) is 2.95. The number of nitrogens with zero attached hydrogens (tertiary/aromatic N) is 4. The van der Waals surface area contributed by atoms with Crippen LogP contribution in [0.1, 0.15) is 20.7 Å². The van der Waals surface area contributed by atoms with E-state index >= 15 is 0 Å². The minimum atomic E-state index is -0.672. The number of hydrazine groups is 1. The molecule has 0 saturated carbocycles. The smallest absolute Gasteiger partial charge is 0.269 e. The minimum absolute atomic E-state index is 0.139. The molecule has 0 bridgehead atoms. The highest BCUT2D eigenvalue weighted by Gasteiger charge is 2.13. The van der Waals surface area contributed by atoms with E-state index in [9.17, 15) is 19.2 Å². The number of halogens is 2. The van der Waals surface area contributed by atoms with E-state index in [1.165, 1.54) is 41.3 Å². The van der Waals surface area contributed by atoms with E-state index in [-0.39, 0.29) is 22.7 Å². The van der Waals surface area contributed by atoms with Crippen LogP contribution in [0, 0.1) is 0 Å². The van der Waals surface area contributed by atoms with E-state index in [1.807, 2.05) is 0 Å². The Bertz CT molecular complexity index is 1170. The number of carbonyl (C=O) groups is 4. The van der Waals surface area contributed by atoms with E-state index in [0.29, 0.717) is 10.7 Å². The molecule has 14 heteroatoms. The minimum Gasteiger partial charge on any atom is -0.345 e. The Morgan fingerprint density at radius 2 is 1.58 bits per heavy atom. The summed E-state index contributed by atoms with van der Waals surface area (Å²) in [5, 5.41) is 16.0. The Labute approximate surface area is 196 Å². The predicted octanol–water partition coefficient (Wildman–Crippen LogP) is 0.276. The molecule has 3 aromatic rings. The van der Waals surface area contributed by atoms with E-state index in [1.54, 1.807) is 12.1 Å². The van der Waals surface area contributed by atoms with Gasteiger partial charge in [-0.3, -0.25) is 30.0 Å². The van der Waals surface area contributed by atoms with Gasteiger partial charge < -0.3 is 10.6 Å². The molecule has 4 amide bonds. The molecule has 0 atom stereocenters. The SMILES string of the molecule is O=C(CNC(=O)c1ccc(Cl)cc1Cl)NCC(=O)NNC(=O)c1ccc(-n2cnnn2)cc1. The number of carbonyl (C=O) groups excluding carboxylic acids is 4. The first-order valence-electron chi connectivity index (χ1n) is 9.26. The van der Waals surface area contributed by atoms with Gasteiger partial charge in [-0.2, -0.15) is 0 Å². The summed E-state index contributed by atoms with van der Waals surface area (Å²) in [5.74, 6) is -2.43. The molecule has 0 unspecified atom stereocenters. The van der Waals surface area contributed by atoms with Crippen molar-refractivity contribution in [1.29, 1.82) is 0 Å². The molecule has 1 heterocycles. The first kappa shape index (κ1) is 23.6. The molecule has 0 saturated heterocycles. The lowest BCUT2D eigenvalue weighted by Gasteiger charge is -2.10. The van der Waals surface area contributed by atoms with Gasteiger partial charge in [-0.15, -0.1) is 5.10 Å². The summed E-state index contributed by atoms with van der Waals surface area (Å²) < 4.78 is 1.42. The summed E-state index contributed by atoms with van der Waals surface area (Å²) in [6, 6.07) is 10.6. The number of hydrogen-bond acceptors (Lipinski definition) is 7. The molecule has 0 aliphatic heterocycles. The highest BCUT2D eigenvalue weighted by atomic mass is 35.5. The number of nitrogens with one attached hydrogen (secondary N) is 4. The van der Waals surface area contributed by atoms with Crippen LogP contribution in [0.25, 0.3) is 5.69 Å². The number of rotatable bonds is 7. The third kappa shape index (κ3) is 6.72. The molecule has 0 fully saturated rings. The van der Waals surface area contributed by atoms with Gasteiger partial charge in [0.15, 0.2) is 0 Å². The van der Waals surface area contributed by atoms with Crippen molar-refractivity contribution in [2.24, 2.45) is 0 Å². The summed E-state index contributed by atoms with van der Waals surface area (Å²) in [4.78, 5) is 47.9.